The average molecular weight is 258 g/mol. The Bertz CT molecular complexity index is 290. The van der Waals surface area contributed by atoms with Crippen LogP contribution in [-0.4, -0.2) is 54.7 Å². The van der Waals surface area contributed by atoms with Gasteiger partial charge in [-0.2, -0.15) is 0 Å². The number of hydrogen-bond donors (Lipinski definition) is 2. The van der Waals surface area contributed by atoms with Gasteiger partial charge in [0.25, 0.3) is 0 Å². The lowest BCUT2D eigenvalue weighted by Crippen LogP contribution is -2.43. The molecule has 6 heteroatoms. The standard InChI is InChI=1S/C12H22N2O4/c1-14(12(17)10(13)8-11(15)16)5-2-9-3-6-18-7-4-9/h9-10H,2-8,13H2,1H3,(H,15,16). The van der Waals surface area contributed by atoms with Crippen LogP contribution < -0.4 is 5.73 Å². The molecule has 3 N–H and O–H groups in total. The Labute approximate surface area is 107 Å². The Hall–Kier alpha value is -1.14. The van der Waals surface area contributed by atoms with E-state index in [9.17, 15) is 9.59 Å². The van der Waals surface area contributed by atoms with Crippen molar-refractivity contribution in [2.75, 3.05) is 26.8 Å². The molecule has 1 heterocycles. The van der Waals surface area contributed by atoms with E-state index < -0.39 is 12.0 Å². The van der Waals surface area contributed by atoms with E-state index in [-0.39, 0.29) is 12.3 Å². The number of ether oxygens (including phenoxy) is 1. The van der Waals surface area contributed by atoms with E-state index in [1.807, 2.05) is 0 Å². The first-order valence-corrected chi connectivity index (χ1v) is 6.30. The number of rotatable bonds is 6. The Kier molecular flexibility index (Phi) is 6.07. The lowest BCUT2D eigenvalue weighted by atomic mass is 9.96. The van der Waals surface area contributed by atoms with Crippen LogP contribution in [0.2, 0.25) is 0 Å². The quantitative estimate of drug-likeness (QED) is 0.703. The van der Waals surface area contributed by atoms with Crippen molar-refractivity contribution in [3.05, 3.63) is 0 Å². The van der Waals surface area contributed by atoms with Crippen LogP contribution in [0.5, 0.6) is 0 Å². The molecule has 0 saturated carbocycles. The van der Waals surface area contributed by atoms with Crippen LogP contribution in [0.4, 0.5) is 0 Å². The molecule has 0 radical (unpaired) electrons. The van der Waals surface area contributed by atoms with Crippen LogP contribution in [-0.2, 0) is 14.3 Å². The molecular weight excluding hydrogens is 236 g/mol. The van der Waals surface area contributed by atoms with Crippen molar-refractivity contribution in [2.45, 2.75) is 31.7 Å². The van der Waals surface area contributed by atoms with Gasteiger partial charge in [0.15, 0.2) is 0 Å². The van der Waals surface area contributed by atoms with Crippen LogP contribution in [0, 0.1) is 5.92 Å². The van der Waals surface area contributed by atoms with Crippen LogP contribution in [0.3, 0.4) is 0 Å². The average Bonchev–Trinajstić information content (AvgIpc) is 2.35. The highest BCUT2D eigenvalue weighted by Crippen LogP contribution is 2.18. The Morgan fingerprint density at radius 3 is 2.61 bits per heavy atom. The maximum atomic E-state index is 11.8. The van der Waals surface area contributed by atoms with Crippen LogP contribution >= 0.6 is 0 Å². The van der Waals surface area contributed by atoms with Crippen molar-refractivity contribution in [3.63, 3.8) is 0 Å². The molecule has 0 bridgehead atoms. The SMILES string of the molecule is CN(CCC1CCOCC1)C(=O)C(N)CC(=O)O. The van der Waals surface area contributed by atoms with E-state index in [4.69, 9.17) is 15.6 Å². The summed E-state index contributed by atoms with van der Waals surface area (Å²) in [6.07, 6.45) is 2.66. The highest BCUT2D eigenvalue weighted by molar-refractivity contribution is 5.85. The van der Waals surface area contributed by atoms with Crippen LogP contribution in [0.15, 0.2) is 0 Å². The van der Waals surface area contributed by atoms with Crippen molar-refractivity contribution in [2.24, 2.45) is 11.7 Å². The van der Waals surface area contributed by atoms with Crippen molar-refractivity contribution in [1.29, 1.82) is 0 Å². The fourth-order valence-electron chi connectivity index (χ4n) is 2.08. The molecule has 104 valence electrons. The van der Waals surface area contributed by atoms with Gasteiger partial charge in [0.1, 0.15) is 0 Å². The zero-order valence-electron chi connectivity index (χ0n) is 10.8. The first kappa shape index (κ1) is 14.9. The van der Waals surface area contributed by atoms with Gasteiger partial charge in [-0.1, -0.05) is 0 Å². The van der Waals surface area contributed by atoms with E-state index in [0.29, 0.717) is 12.5 Å². The second-order valence-corrected chi connectivity index (χ2v) is 4.81. The maximum absolute atomic E-state index is 11.8. The molecule has 1 amide bonds. The summed E-state index contributed by atoms with van der Waals surface area (Å²) in [6, 6.07) is -0.942. The van der Waals surface area contributed by atoms with Gasteiger partial charge in [-0.05, 0) is 25.2 Å². The molecule has 1 rings (SSSR count). The fourth-order valence-corrected chi connectivity index (χ4v) is 2.08. The molecule has 1 unspecified atom stereocenters. The summed E-state index contributed by atoms with van der Waals surface area (Å²) in [7, 11) is 1.67. The molecule has 6 nitrogen and oxygen atoms in total. The molecule has 1 aliphatic rings. The molecule has 1 saturated heterocycles. The van der Waals surface area contributed by atoms with Crippen molar-refractivity contribution < 1.29 is 19.4 Å². The normalized spacial score (nSPS) is 18.3. The van der Waals surface area contributed by atoms with Crippen molar-refractivity contribution in [3.8, 4) is 0 Å². The second-order valence-electron chi connectivity index (χ2n) is 4.81. The minimum absolute atomic E-state index is 0.301. The number of carboxylic acids is 1. The number of likely N-dealkylation sites (N-methyl/N-ethyl adjacent to an activating group) is 1. The Morgan fingerprint density at radius 2 is 2.06 bits per heavy atom. The number of hydrogen-bond acceptors (Lipinski definition) is 4. The predicted octanol–water partition coefficient (Wildman–Crippen LogP) is 0.0635. The summed E-state index contributed by atoms with van der Waals surface area (Å²) in [6.45, 7) is 2.21. The summed E-state index contributed by atoms with van der Waals surface area (Å²) in [4.78, 5) is 23.8. The summed E-state index contributed by atoms with van der Waals surface area (Å²) in [5.74, 6) is -0.761. The molecule has 0 aromatic rings. The Morgan fingerprint density at radius 1 is 1.44 bits per heavy atom. The number of carbonyl (C=O) groups is 2. The zero-order chi connectivity index (χ0) is 13.5. The molecule has 1 atom stereocenters. The van der Waals surface area contributed by atoms with Crippen molar-refractivity contribution in [1.82, 2.24) is 4.90 Å². The first-order valence-electron chi connectivity index (χ1n) is 6.30. The molecular formula is C12H22N2O4. The monoisotopic (exact) mass is 258 g/mol. The third-order valence-corrected chi connectivity index (χ3v) is 3.30. The molecule has 0 aromatic carbocycles. The number of carboxylic acid groups (broad SMARTS) is 1. The van der Waals surface area contributed by atoms with Gasteiger partial charge in [0, 0.05) is 26.8 Å². The minimum atomic E-state index is -1.05. The van der Waals surface area contributed by atoms with E-state index in [0.717, 1.165) is 32.5 Å². The molecule has 1 fully saturated rings. The summed E-state index contributed by atoms with van der Waals surface area (Å²) < 4.78 is 5.27. The van der Waals surface area contributed by atoms with E-state index >= 15 is 0 Å². The topological polar surface area (TPSA) is 92.9 Å². The number of nitrogens with zero attached hydrogens (tertiary/aromatic N) is 1. The molecule has 0 spiro atoms. The zero-order valence-corrected chi connectivity index (χ0v) is 10.8. The fraction of sp³-hybridized carbons (Fsp3) is 0.833. The van der Waals surface area contributed by atoms with E-state index in [2.05, 4.69) is 0 Å². The second kappa shape index (κ2) is 7.33. The van der Waals surface area contributed by atoms with E-state index in [1.165, 1.54) is 4.90 Å². The third-order valence-electron chi connectivity index (χ3n) is 3.30. The smallest absolute Gasteiger partial charge is 0.305 e. The van der Waals surface area contributed by atoms with Gasteiger partial charge in [0.2, 0.25) is 5.91 Å². The largest absolute Gasteiger partial charge is 0.481 e. The van der Waals surface area contributed by atoms with Crippen LogP contribution in [0.1, 0.15) is 25.7 Å². The van der Waals surface area contributed by atoms with Gasteiger partial charge in [0.05, 0.1) is 12.5 Å². The molecule has 0 aromatic heterocycles. The minimum Gasteiger partial charge on any atom is -0.481 e. The number of carbonyl (C=O) groups excluding carboxylic acids is 1. The highest BCUT2D eigenvalue weighted by atomic mass is 16.5. The highest BCUT2D eigenvalue weighted by Gasteiger charge is 2.22. The Balaban J connectivity index is 2.28. The van der Waals surface area contributed by atoms with Gasteiger partial charge in [-0.25, -0.2) is 0 Å². The first-order chi connectivity index (χ1) is 8.50. The van der Waals surface area contributed by atoms with Gasteiger partial charge in [-0.3, -0.25) is 9.59 Å². The lowest BCUT2D eigenvalue weighted by Gasteiger charge is -2.26. The van der Waals surface area contributed by atoms with E-state index in [1.54, 1.807) is 7.05 Å². The molecule has 0 aliphatic carbocycles. The van der Waals surface area contributed by atoms with Crippen LogP contribution in [0.25, 0.3) is 0 Å². The summed E-state index contributed by atoms with van der Waals surface area (Å²) in [5, 5.41) is 8.58. The number of amides is 1. The predicted molar refractivity (Wildman–Crippen MR) is 66.0 cm³/mol. The number of nitrogens with two attached hydrogens (primary N) is 1. The maximum Gasteiger partial charge on any atom is 0.305 e. The number of aliphatic carboxylic acids is 1. The van der Waals surface area contributed by atoms with Crippen molar-refractivity contribution >= 4 is 11.9 Å². The summed E-state index contributed by atoms with van der Waals surface area (Å²) >= 11 is 0. The molecule has 18 heavy (non-hydrogen) atoms. The van der Waals surface area contributed by atoms with Gasteiger partial charge in [-0.15, -0.1) is 0 Å². The van der Waals surface area contributed by atoms with Gasteiger partial charge >= 0.3 is 5.97 Å². The van der Waals surface area contributed by atoms with Gasteiger partial charge < -0.3 is 20.5 Å². The molecule has 1 aliphatic heterocycles. The lowest BCUT2D eigenvalue weighted by molar-refractivity contribution is -0.141. The summed E-state index contributed by atoms with van der Waals surface area (Å²) in [5.41, 5.74) is 5.54. The third kappa shape index (κ3) is 5.01.